The highest BCUT2D eigenvalue weighted by molar-refractivity contribution is 7.13. The Morgan fingerprint density at radius 1 is 1.39 bits per heavy atom. The van der Waals surface area contributed by atoms with Crippen molar-refractivity contribution in [2.24, 2.45) is 0 Å². The SMILES string of the molecule is CN(CC(=O)Nc1nccs1)C(=O)c1csc(-c2ccco2)n1. The molecule has 3 heterocycles. The lowest BCUT2D eigenvalue weighted by atomic mass is 10.4. The van der Waals surface area contributed by atoms with E-state index in [4.69, 9.17) is 4.42 Å². The van der Waals surface area contributed by atoms with Crippen LogP contribution in [0.5, 0.6) is 0 Å². The van der Waals surface area contributed by atoms with Gasteiger partial charge in [0.05, 0.1) is 12.8 Å². The molecule has 0 aliphatic carbocycles. The first-order valence-corrected chi connectivity index (χ1v) is 8.33. The molecule has 0 unspecified atom stereocenters. The normalized spacial score (nSPS) is 10.5. The number of hydrogen-bond acceptors (Lipinski definition) is 7. The van der Waals surface area contributed by atoms with Crippen LogP contribution in [0.2, 0.25) is 0 Å². The average Bonchev–Trinajstić information content (AvgIpc) is 3.27. The average molecular weight is 348 g/mol. The van der Waals surface area contributed by atoms with Crippen LogP contribution in [-0.4, -0.2) is 40.3 Å². The Balaban J connectivity index is 1.62. The number of likely N-dealkylation sites (N-methyl/N-ethyl adjacent to an activating group) is 1. The van der Waals surface area contributed by atoms with Gasteiger partial charge < -0.3 is 14.6 Å². The standard InChI is InChI=1S/C14H12N4O3S2/c1-18(7-11(19)17-14-15-4-6-22-14)13(20)9-8-23-12(16-9)10-3-2-5-21-10/h2-6,8H,7H2,1H3,(H,15,17,19). The predicted molar refractivity (Wildman–Crippen MR) is 87.5 cm³/mol. The number of aromatic nitrogens is 2. The molecular formula is C14H12N4O3S2. The molecule has 3 aromatic heterocycles. The molecule has 0 bridgehead atoms. The summed E-state index contributed by atoms with van der Waals surface area (Å²) >= 11 is 2.63. The molecule has 7 nitrogen and oxygen atoms in total. The number of nitrogens with one attached hydrogen (secondary N) is 1. The van der Waals surface area contributed by atoms with Gasteiger partial charge in [-0.1, -0.05) is 0 Å². The molecule has 0 saturated heterocycles. The number of anilines is 1. The zero-order chi connectivity index (χ0) is 16.2. The molecule has 0 aliphatic rings. The summed E-state index contributed by atoms with van der Waals surface area (Å²) in [6, 6.07) is 3.53. The molecule has 23 heavy (non-hydrogen) atoms. The maximum Gasteiger partial charge on any atom is 0.273 e. The minimum Gasteiger partial charge on any atom is -0.462 e. The zero-order valence-corrected chi connectivity index (χ0v) is 13.7. The third kappa shape index (κ3) is 3.63. The fourth-order valence-corrected chi connectivity index (χ4v) is 3.12. The second-order valence-corrected chi connectivity index (χ2v) is 6.31. The van der Waals surface area contributed by atoms with Crippen LogP contribution in [0.1, 0.15) is 10.5 Å². The van der Waals surface area contributed by atoms with Gasteiger partial charge in [-0.2, -0.15) is 0 Å². The van der Waals surface area contributed by atoms with Gasteiger partial charge in [0, 0.05) is 24.0 Å². The number of thiazole rings is 2. The first kappa shape index (κ1) is 15.4. The highest BCUT2D eigenvalue weighted by Crippen LogP contribution is 2.24. The van der Waals surface area contributed by atoms with E-state index in [0.29, 0.717) is 15.9 Å². The lowest BCUT2D eigenvalue weighted by molar-refractivity contribution is -0.116. The third-order valence-electron chi connectivity index (χ3n) is 2.86. The molecule has 0 atom stereocenters. The van der Waals surface area contributed by atoms with Crippen LogP contribution in [0.4, 0.5) is 5.13 Å². The summed E-state index contributed by atoms with van der Waals surface area (Å²) in [5.41, 5.74) is 0.283. The first-order valence-electron chi connectivity index (χ1n) is 6.57. The Kier molecular flexibility index (Phi) is 4.49. The number of furan rings is 1. The molecule has 0 radical (unpaired) electrons. The van der Waals surface area contributed by atoms with Crippen molar-refractivity contribution in [3.63, 3.8) is 0 Å². The van der Waals surface area contributed by atoms with E-state index in [1.54, 1.807) is 42.4 Å². The molecular weight excluding hydrogens is 336 g/mol. The van der Waals surface area contributed by atoms with Crippen LogP contribution in [0.3, 0.4) is 0 Å². The van der Waals surface area contributed by atoms with Crippen LogP contribution >= 0.6 is 22.7 Å². The van der Waals surface area contributed by atoms with E-state index in [1.165, 1.54) is 27.6 Å². The fourth-order valence-electron chi connectivity index (χ4n) is 1.81. The van der Waals surface area contributed by atoms with E-state index in [9.17, 15) is 9.59 Å². The van der Waals surface area contributed by atoms with Crippen molar-refractivity contribution < 1.29 is 14.0 Å². The Morgan fingerprint density at radius 3 is 2.96 bits per heavy atom. The molecule has 3 aromatic rings. The quantitative estimate of drug-likeness (QED) is 0.765. The predicted octanol–water partition coefficient (Wildman–Crippen LogP) is 2.57. The molecule has 0 aliphatic heterocycles. The van der Waals surface area contributed by atoms with Crippen LogP contribution in [0.15, 0.2) is 39.8 Å². The van der Waals surface area contributed by atoms with Gasteiger partial charge in [0.1, 0.15) is 5.69 Å². The van der Waals surface area contributed by atoms with E-state index >= 15 is 0 Å². The molecule has 2 amide bonds. The van der Waals surface area contributed by atoms with E-state index < -0.39 is 0 Å². The van der Waals surface area contributed by atoms with Crippen molar-refractivity contribution in [2.45, 2.75) is 0 Å². The van der Waals surface area contributed by atoms with Crippen molar-refractivity contribution >= 4 is 39.6 Å². The molecule has 118 valence electrons. The van der Waals surface area contributed by atoms with Crippen LogP contribution < -0.4 is 5.32 Å². The van der Waals surface area contributed by atoms with Gasteiger partial charge in [0.25, 0.3) is 5.91 Å². The monoisotopic (exact) mass is 348 g/mol. The highest BCUT2D eigenvalue weighted by atomic mass is 32.1. The molecule has 1 N–H and O–H groups in total. The van der Waals surface area contributed by atoms with Crippen molar-refractivity contribution in [1.82, 2.24) is 14.9 Å². The number of nitrogens with zero attached hydrogens (tertiary/aromatic N) is 3. The highest BCUT2D eigenvalue weighted by Gasteiger charge is 2.19. The van der Waals surface area contributed by atoms with Gasteiger partial charge >= 0.3 is 0 Å². The van der Waals surface area contributed by atoms with Crippen molar-refractivity contribution in [3.8, 4) is 10.8 Å². The van der Waals surface area contributed by atoms with Crippen molar-refractivity contribution in [1.29, 1.82) is 0 Å². The fraction of sp³-hybridized carbons (Fsp3) is 0.143. The van der Waals surface area contributed by atoms with Crippen LogP contribution in [-0.2, 0) is 4.79 Å². The summed E-state index contributed by atoms with van der Waals surface area (Å²) in [6.45, 7) is -0.0774. The summed E-state index contributed by atoms with van der Waals surface area (Å²) in [6.07, 6.45) is 3.15. The van der Waals surface area contributed by atoms with Gasteiger partial charge in [-0.15, -0.1) is 22.7 Å². The molecule has 0 fully saturated rings. The summed E-state index contributed by atoms with van der Waals surface area (Å²) in [4.78, 5) is 33.7. The van der Waals surface area contributed by atoms with E-state index in [1.807, 2.05) is 0 Å². The van der Waals surface area contributed by atoms with E-state index in [2.05, 4.69) is 15.3 Å². The van der Waals surface area contributed by atoms with Crippen molar-refractivity contribution in [2.75, 3.05) is 18.9 Å². The number of rotatable bonds is 5. The van der Waals surface area contributed by atoms with Gasteiger partial charge in [-0.3, -0.25) is 9.59 Å². The van der Waals surface area contributed by atoms with Crippen molar-refractivity contribution in [3.05, 3.63) is 41.0 Å². The lowest BCUT2D eigenvalue weighted by Gasteiger charge is -2.14. The first-order chi connectivity index (χ1) is 11.1. The second kappa shape index (κ2) is 6.71. The summed E-state index contributed by atoms with van der Waals surface area (Å²) in [5, 5.41) is 7.16. The minimum atomic E-state index is -0.326. The Bertz CT molecular complexity index is 796. The Morgan fingerprint density at radius 2 is 2.26 bits per heavy atom. The maximum absolute atomic E-state index is 12.3. The molecule has 9 heteroatoms. The Labute approximate surface area is 139 Å². The van der Waals surface area contributed by atoms with Gasteiger partial charge in [0.2, 0.25) is 5.91 Å². The summed E-state index contributed by atoms with van der Waals surface area (Å²) in [5.74, 6) is -0.0242. The summed E-state index contributed by atoms with van der Waals surface area (Å²) < 4.78 is 5.25. The summed E-state index contributed by atoms with van der Waals surface area (Å²) in [7, 11) is 1.55. The number of hydrogen-bond donors (Lipinski definition) is 1. The van der Waals surface area contributed by atoms with Gasteiger partial charge in [-0.25, -0.2) is 9.97 Å². The zero-order valence-electron chi connectivity index (χ0n) is 12.1. The second-order valence-electron chi connectivity index (χ2n) is 4.56. The molecule has 0 saturated carbocycles. The van der Waals surface area contributed by atoms with Crippen LogP contribution in [0.25, 0.3) is 10.8 Å². The number of carbonyl (C=O) groups is 2. The molecule has 0 spiro atoms. The Hall–Kier alpha value is -2.52. The van der Waals surface area contributed by atoms with E-state index in [0.717, 1.165) is 0 Å². The van der Waals surface area contributed by atoms with Gasteiger partial charge in [-0.05, 0) is 12.1 Å². The van der Waals surface area contributed by atoms with Crippen LogP contribution in [0, 0.1) is 0 Å². The third-order valence-corrected chi connectivity index (χ3v) is 4.41. The topological polar surface area (TPSA) is 88.3 Å². The largest absolute Gasteiger partial charge is 0.462 e. The van der Waals surface area contributed by atoms with E-state index in [-0.39, 0.29) is 24.1 Å². The minimum absolute atomic E-state index is 0.0774. The molecule has 0 aromatic carbocycles. The van der Waals surface area contributed by atoms with Gasteiger partial charge in [0.15, 0.2) is 15.9 Å². The number of amides is 2. The maximum atomic E-state index is 12.3. The smallest absolute Gasteiger partial charge is 0.273 e. The molecule has 3 rings (SSSR count). The lowest BCUT2D eigenvalue weighted by Crippen LogP contribution is -2.35. The number of carbonyl (C=O) groups excluding carboxylic acids is 2.